The van der Waals surface area contributed by atoms with Gasteiger partial charge >= 0.3 is 0 Å². The molecule has 1 unspecified atom stereocenters. The molecule has 6 heteroatoms. The number of aliphatic hydroxyl groups is 1. The van der Waals surface area contributed by atoms with E-state index in [-0.39, 0.29) is 6.54 Å². The molecule has 2 heterocycles. The highest BCUT2D eigenvalue weighted by Gasteiger charge is 2.13. The van der Waals surface area contributed by atoms with E-state index in [1.54, 1.807) is 12.1 Å². The summed E-state index contributed by atoms with van der Waals surface area (Å²) in [6.07, 6.45) is 1.25. The highest BCUT2D eigenvalue weighted by atomic mass is 19.1. The number of fused-ring (bicyclic) bond motifs is 1. The SMILES string of the molecule is COc1ccc2ncc(F)c(CCC(O)CN)c2n1. The van der Waals surface area contributed by atoms with E-state index >= 15 is 0 Å². The molecule has 2 aromatic heterocycles. The quantitative estimate of drug-likeness (QED) is 0.844. The lowest BCUT2D eigenvalue weighted by Gasteiger charge is -2.10. The summed E-state index contributed by atoms with van der Waals surface area (Å²) >= 11 is 0. The van der Waals surface area contributed by atoms with Gasteiger partial charge in [-0.2, -0.15) is 0 Å². The number of hydrogen-bond donors (Lipinski definition) is 2. The first-order valence-corrected chi connectivity index (χ1v) is 6.02. The molecule has 0 aromatic carbocycles. The lowest BCUT2D eigenvalue weighted by molar-refractivity contribution is 0.173. The van der Waals surface area contributed by atoms with Gasteiger partial charge in [-0.1, -0.05) is 0 Å². The Labute approximate surface area is 110 Å². The number of rotatable bonds is 5. The first kappa shape index (κ1) is 13.6. The maximum absolute atomic E-state index is 13.9. The van der Waals surface area contributed by atoms with Crippen LogP contribution in [0.5, 0.6) is 5.88 Å². The van der Waals surface area contributed by atoms with Gasteiger partial charge in [-0.25, -0.2) is 9.37 Å². The molecule has 5 nitrogen and oxygen atoms in total. The van der Waals surface area contributed by atoms with Gasteiger partial charge < -0.3 is 15.6 Å². The van der Waals surface area contributed by atoms with Gasteiger partial charge in [-0.3, -0.25) is 4.98 Å². The lowest BCUT2D eigenvalue weighted by Crippen LogP contribution is -2.20. The maximum atomic E-state index is 13.9. The second-order valence-corrected chi connectivity index (χ2v) is 4.23. The average Bonchev–Trinajstić information content (AvgIpc) is 2.45. The van der Waals surface area contributed by atoms with Crippen LogP contribution in [0.2, 0.25) is 0 Å². The van der Waals surface area contributed by atoms with Crippen molar-refractivity contribution in [2.24, 2.45) is 5.73 Å². The Morgan fingerprint density at radius 2 is 2.26 bits per heavy atom. The molecule has 2 aromatic rings. The van der Waals surface area contributed by atoms with E-state index < -0.39 is 11.9 Å². The molecule has 0 spiro atoms. The maximum Gasteiger partial charge on any atom is 0.213 e. The Balaban J connectivity index is 2.41. The van der Waals surface area contributed by atoms with E-state index in [0.29, 0.717) is 35.3 Å². The van der Waals surface area contributed by atoms with E-state index in [9.17, 15) is 9.50 Å². The van der Waals surface area contributed by atoms with Crippen LogP contribution in [-0.2, 0) is 6.42 Å². The molecule has 0 aliphatic carbocycles. The Morgan fingerprint density at radius 3 is 2.95 bits per heavy atom. The molecule has 0 aliphatic rings. The molecule has 2 rings (SSSR count). The van der Waals surface area contributed by atoms with E-state index in [1.807, 2.05) is 0 Å². The molecule has 19 heavy (non-hydrogen) atoms. The molecular weight excluding hydrogens is 249 g/mol. The zero-order chi connectivity index (χ0) is 13.8. The highest BCUT2D eigenvalue weighted by molar-refractivity contribution is 5.78. The summed E-state index contributed by atoms with van der Waals surface area (Å²) in [4.78, 5) is 8.20. The van der Waals surface area contributed by atoms with Crippen molar-refractivity contribution in [2.45, 2.75) is 18.9 Å². The summed E-state index contributed by atoms with van der Waals surface area (Å²) in [5, 5.41) is 9.47. The van der Waals surface area contributed by atoms with Crippen LogP contribution in [0.1, 0.15) is 12.0 Å². The molecule has 0 saturated carbocycles. The lowest BCUT2D eigenvalue weighted by atomic mass is 10.1. The Morgan fingerprint density at radius 1 is 1.47 bits per heavy atom. The van der Waals surface area contributed by atoms with E-state index in [1.165, 1.54) is 13.3 Å². The van der Waals surface area contributed by atoms with E-state index in [4.69, 9.17) is 10.5 Å². The van der Waals surface area contributed by atoms with Crippen LogP contribution in [0.25, 0.3) is 11.0 Å². The first-order valence-electron chi connectivity index (χ1n) is 6.02. The van der Waals surface area contributed by atoms with Gasteiger partial charge in [0.25, 0.3) is 0 Å². The molecule has 3 N–H and O–H groups in total. The molecule has 0 radical (unpaired) electrons. The summed E-state index contributed by atoms with van der Waals surface area (Å²) in [5.74, 6) is -0.0296. The van der Waals surface area contributed by atoms with E-state index in [0.717, 1.165) is 0 Å². The number of nitrogens with two attached hydrogens (primary N) is 1. The van der Waals surface area contributed by atoms with Crippen LogP contribution < -0.4 is 10.5 Å². The molecule has 0 fully saturated rings. The number of aliphatic hydroxyl groups excluding tert-OH is 1. The molecule has 0 bridgehead atoms. The van der Waals surface area contributed by atoms with Gasteiger partial charge in [0.1, 0.15) is 5.82 Å². The minimum atomic E-state index is -0.645. The zero-order valence-electron chi connectivity index (χ0n) is 10.6. The van der Waals surface area contributed by atoms with Crippen molar-refractivity contribution in [3.05, 3.63) is 29.7 Å². The van der Waals surface area contributed by atoms with Crippen molar-refractivity contribution in [3.8, 4) is 5.88 Å². The smallest absolute Gasteiger partial charge is 0.213 e. The van der Waals surface area contributed by atoms with Gasteiger partial charge in [0.15, 0.2) is 0 Å². The van der Waals surface area contributed by atoms with Gasteiger partial charge in [0.05, 0.1) is 30.4 Å². The third-order valence-corrected chi connectivity index (χ3v) is 2.95. The topological polar surface area (TPSA) is 81.3 Å². The summed E-state index contributed by atoms with van der Waals surface area (Å²) in [6.45, 7) is 0.154. The fraction of sp³-hybridized carbons (Fsp3) is 0.385. The largest absolute Gasteiger partial charge is 0.481 e. The normalized spacial score (nSPS) is 12.6. The van der Waals surface area contributed by atoms with Crippen molar-refractivity contribution < 1.29 is 14.2 Å². The molecule has 0 saturated heterocycles. The predicted octanol–water partition coefficient (Wildman–Crippen LogP) is 1.03. The number of hydrogen-bond acceptors (Lipinski definition) is 5. The van der Waals surface area contributed by atoms with Crippen LogP contribution in [0.3, 0.4) is 0 Å². The second-order valence-electron chi connectivity index (χ2n) is 4.23. The average molecular weight is 265 g/mol. The fourth-order valence-corrected chi connectivity index (χ4v) is 1.86. The summed E-state index contributed by atoms with van der Waals surface area (Å²) < 4.78 is 18.9. The third-order valence-electron chi connectivity index (χ3n) is 2.95. The van der Waals surface area contributed by atoms with Gasteiger partial charge in [0.2, 0.25) is 5.88 Å². The van der Waals surface area contributed by atoms with Crippen LogP contribution in [-0.4, -0.2) is 34.8 Å². The van der Waals surface area contributed by atoms with Gasteiger partial charge in [-0.05, 0) is 18.9 Å². The minimum Gasteiger partial charge on any atom is -0.481 e. The third kappa shape index (κ3) is 2.97. The van der Waals surface area contributed by atoms with Crippen molar-refractivity contribution >= 4 is 11.0 Å². The first-order chi connectivity index (χ1) is 9.15. The molecule has 0 amide bonds. The van der Waals surface area contributed by atoms with Crippen LogP contribution in [0, 0.1) is 5.82 Å². The number of nitrogens with zero attached hydrogens (tertiary/aromatic N) is 2. The standard InChI is InChI=1S/C13H16FN3O2/c1-19-12-5-4-11-13(17-12)9(10(14)7-16-11)3-2-8(18)6-15/h4-5,7-8,18H,2-3,6,15H2,1H3. The minimum absolute atomic E-state index is 0.154. The number of halogens is 1. The summed E-state index contributed by atoms with van der Waals surface area (Å²) in [7, 11) is 1.50. The van der Waals surface area contributed by atoms with Crippen LogP contribution >= 0.6 is 0 Å². The number of ether oxygens (including phenoxy) is 1. The number of pyridine rings is 2. The predicted molar refractivity (Wildman–Crippen MR) is 69.4 cm³/mol. The fourth-order valence-electron chi connectivity index (χ4n) is 1.86. The Bertz CT molecular complexity index is 577. The van der Waals surface area contributed by atoms with Crippen molar-refractivity contribution in [1.29, 1.82) is 0 Å². The Kier molecular flexibility index (Phi) is 4.24. The molecule has 0 aliphatic heterocycles. The van der Waals surface area contributed by atoms with Crippen molar-refractivity contribution in [3.63, 3.8) is 0 Å². The number of aromatic nitrogens is 2. The number of aryl methyl sites for hydroxylation is 1. The second kappa shape index (κ2) is 5.90. The van der Waals surface area contributed by atoms with Crippen LogP contribution in [0.15, 0.2) is 18.3 Å². The van der Waals surface area contributed by atoms with Crippen molar-refractivity contribution in [2.75, 3.05) is 13.7 Å². The summed E-state index contributed by atoms with van der Waals surface area (Å²) in [5.41, 5.74) is 6.83. The van der Waals surface area contributed by atoms with Gasteiger partial charge in [-0.15, -0.1) is 0 Å². The number of methoxy groups -OCH3 is 1. The monoisotopic (exact) mass is 265 g/mol. The van der Waals surface area contributed by atoms with Gasteiger partial charge in [0, 0.05) is 18.2 Å². The molecular formula is C13H16FN3O2. The zero-order valence-corrected chi connectivity index (χ0v) is 10.6. The Hall–Kier alpha value is -1.79. The summed E-state index contributed by atoms with van der Waals surface area (Å²) in [6, 6.07) is 3.40. The van der Waals surface area contributed by atoms with Crippen molar-refractivity contribution in [1.82, 2.24) is 9.97 Å². The molecule has 1 atom stereocenters. The molecule has 102 valence electrons. The van der Waals surface area contributed by atoms with Crippen LogP contribution in [0.4, 0.5) is 4.39 Å². The highest BCUT2D eigenvalue weighted by Crippen LogP contribution is 2.22. The van der Waals surface area contributed by atoms with E-state index in [2.05, 4.69) is 9.97 Å².